The third kappa shape index (κ3) is 7.91. The molecule has 126 valence electrons. The Kier molecular flexibility index (Phi) is 9.18. The van der Waals surface area contributed by atoms with Crippen LogP contribution in [-0.4, -0.2) is 42.6 Å². The van der Waals surface area contributed by atoms with Crippen LogP contribution in [0.2, 0.25) is 0 Å². The largest absolute Gasteiger partial charge is 0.448 e. The number of nitrogens with two attached hydrogens (primary N) is 1. The number of nitrogens with one attached hydrogen (secondary N) is 1. The number of hydrogen-bond donors (Lipinski definition) is 2. The van der Waals surface area contributed by atoms with Crippen molar-refractivity contribution in [2.24, 2.45) is 5.73 Å². The van der Waals surface area contributed by atoms with E-state index >= 15 is 0 Å². The van der Waals surface area contributed by atoms with Crippen LogP contribution in [0.15, 0.2) is 24.3 Å². The maximum absolute atomic E-state index is 12.0. The summed E-state index contributed by atoms with van der Waals surface area (Å²) in [7, 11) is 3.12. The fourth-order valence-electron chi connectivity index (χ4n) is 1.43. The summed E-state index contributed by atoms with van der Waals surface area (Å²) in [6.45, 7) is 1.99. The van der Waals surface area contributed by atoms with Gasteiger partial charge in [0, 0.05) is 25.0 Å². The van der Waals surface area contributed by atoms with Crippen molar-refractivity contribution in [2.45, 2.75) is 6.92 Å². The van der Waals surface area contributed by atoms with Crippen molar-refractivity contribution < 1.29 is 23.9 Å². The predicted molar refractivity (Wildman–Crippen MR) is 90.5 cm³/mol. The summed E-state index contributed by atoms with van der Waals surface area (Å²) in [6.07, 6.45) is -0.850. The van der Waals surface area contributed by atoms with Gasteiger partial charge in [-0.2, -0.15) is 0 Å². The zero-order chi connectivity index (χ0) is 17.1. The average molecular weight is 358 g/mol. The second kappa shape index (κ2) is 10.9. The number of rotatable bonds is 8. The SMILES string of the molecule is CC(=O)Oc1ccccc1C(=O)NC(=O)OCCSSCCN. The summed E-state index contributed by atoms with van der Waals surface area (Å²) in [5.74, 6) is 0.245. The Balaban J connectivity index is 2.43. The van der Waals surface area contributed by atoms with Crippen molar-refractivity contribution in [3.8, 4) is 5.75 Å². The van der Waals surface area contributed by atoms with Crippen LogP contribution in [0.5, 0.6) is 5.75 Å². The first-order valence-corrected chi connectivity index (χ1v) is 9.23. The third-order valence-electron chi connectivity index (χ3n) is 2.29. The van der Waals surface area contributed by atoms with E-state index in [9.17, 15) is 14.4 Å². The minimum Gasteiger partial charge on any atom is -0.448 e. The molecule has 2 amide bonds. The zero-order valence-corrected chi connectivity index (χ0v) is 14.2. The molecule has 0 aliphatic rings. The zero-order valence-electron chi connectivity index (χ0n) is 12.6. The van der Waals surface area contributed by atoms with Gasteiger partial charge in [-0.1, -0.05) is 33.7 Å². The number of carbonyl (C=O) groups excluding carboxylic acids is 3. The van der Waals surface area contributed by atoms with E-state index in [1.54, 1.807) is 22.9 Å². The fourth-order valence-corrected chi connectivity index (χ4v) is 3.11. The summed E-state index contributed by atoms with van der Waals surface area (Å²) in [5, 5.41) is 2.08. The lowest BCUT2D eigenvalue weighted by atomic mass is 10.2. The minimum absolute atomic E-state index is 0.0764. The van der Waals surface area contributed by atoms with Gasteiger partial charge in [-0.25, -0.2) is 4.79 Å². The van der Waals surface area contributed by atoms with E-state index in [0.717, 1.165) is 5.75 Å². The van der Waals surface area contributed by atoms with Crippen LogP contribution < -0.4 is 15.8 Å². The van der Waals surface area contributed by atoms with Crippen molar-refractivity contribution in [1.29, 1.82) is 0 Å². The first-order chi connectivity index (χ1) is 11.0. The molecule has 7 nitrogen and oxygen atoms in total. The van der Waals surface area contributed by atoms with Crippen LogP contribution in [0.1, 0.15) is 17.3 Å². The van der Waals surface area contributed by atoms with Gasteiger partial charge in [0.25, 0.3) is 5.91 Å². The molecule has 0 atom stereocenters. The Morgan fingerprint density at radius 2 is 1.87 bits per heavy atom. The summed E-state index contributed by atoms with van der Waals surface area (Å²) in [6, 6.07) is 6.12. The van der Waals surface area contributed by atoms with Crippen molar-refractivity contribution in [3.63, 3.8) is 0 Å². The molecule has 0 unspecified atom stereocenters. The van der Waals surface area contributed by atoms with Crippen LogP contribution in [-0.2, 0) is 9.53 Å². The fraction of sp³-hybridized carbons (Fsp3) is 0.357. The molecule has 0 spiro atoms. The van der Waals surface area contributed by atoms with Crippen LogP contribution in [0.25, 0.3) is 0 Å². The number of hydrogen-bond acceptors (Lipinski definition) is 8. The quantitative estimate of drug-likeness (QED) is 0.314. The molecule has 0 aliphatic heterocycles. The molecule has 0 heterocycles. The highest BCUT2D eigenvalue weighted by Gasteiger charge is 2.16. The number of alkyl carbamates (subject to hydrolysis) is 1. The number of benzene rings is 1. The maximum atomic E-state index is 12.0. The average Bonchev–Trinajstić information content (AvgIpc) is 2.50. The lowest BCUT2D eigenvalue weighted by Crippen LogP contribution is -2.32. The first kappa shape index (κ1) is 19.3. The number of amides is 2. The number of imide groups is 1. The van der Waals surface area contributed by atoms with Crippen LogP contribution in [0.3, 0.4) is 0 Å². The summed E-state index contributed by atoms with van der Waals surface area (Å²) in [4.78, 5) is 34.6. The molecular weight excluding hydrogens is 340 g/mol. The van der Waals surface area contributed by atoms with Gasteiger partial charge in [0.1, 0.15) is 12.4 Å². The van der Waals surface area contributed by atoms with E-state index in [1.807, 2.05) is 0 Å². The second-order valence-electron chi connectivity index (χ2n) is 4.11. The van der Waals surface area contributed by atoms with Gasteiger partial charge in [0.2, 0.25) is 0 Å². The molecule has 3 N–H and O–H groups in total. The van der Waals surface area contributed by atoms with E-state index in [0.29, 0.717) is 12.3 Å². The van der Waals surface area contributed by atoms with Crippen molar-refractivity contribution in [1.82, 2.24) is 5.32 Å². The Morgan fingerprint density at radius 1 is 1.17 bits per heavy atom. The highest BCUT2D eigenvalue weighted by molar-refractivity contribution is 8.76. The van der Waals surface area contributed by atoms with E-state index in [1.165, 1.54) is 29.9 Å². The number of para-hydroxylation sites is 1. The molecule has 1 rings (SSSR count). The van der Waals surface area contributed by atoms with Crippen LogP contribution in [0.4, 0.5) is 4.79 Å². The molecule has 0 saturated heterocycles. The number of esters is 1. The van der Waals surface area contributed by atoms with Crippen molar-refractivity contribution >= 4 is 39.6 Å². The lowest BCUT2D eigenvalue weighted by Gasteiger charge is -2.09. The van der Waals surface area contributed by atoms with Crippen LogP contribution in [0, 0.1) is 0 Å². The van der Waals surface area contributed by atoms with E-state index in [2.05, 4.69) is 5.32 Å². The van der Waals surface area contributed by atoms with Gasteiger partial charge in [-0.3, -0.25) is 14.9 Å². The van der Waals surface area contributed by atoms with Crippen LogP contribution >= 0.6 is 21.6 Å². The Morgan fingerprint density at radius 3 is 2.57 bits per heavy atom. The second-order valence-corrected chi connectivity index (χ2v) is 6.81. The van der Waals surface area contributed by atoms with Gasteiger partial charge >= 0.3 is 12.1 Å². The molecule has 23 heavy (non-hydrogen) atoms. The van der Waals surface area contributed by atoms with Crippen molar-refractivity contribution in [2.75, 3.05) is 24.7 Å². The summed E-state index contributed by atoms with van der Waals surface area (Å²) >= 11 is 0. The Bertz CT molecular complexity index is 554. The molecule has 9 heteroatoms. The maximum Gasteiger partial charge on any atom is 0.414 e. The Labute approximate surface area is 142 Å². The first-order valence-electron chi connectivity index (χ1n) is 6.74. The summed E-state index contributed by atoms with van der Waals surface area (Å²) in [5.41, 5.74) is 5.42. The third-order valence-corrected chi connectivity index (χ3v) is 4.69. The minimum atomic E-state index is -0.850. The van der Waals surface area contributed by atoms with E-state index < -0.39 is 18.0 Å². The van der Waals surface area contributed by atoms with Gasteiger partial charge in [0.15, 0.2) is 0 Å². The lowest BCUT2D eigenvalue weighted by molar-refractivity contribution is -0.131. The molecule has 1 aromatic rings. The highest BCUT2D eigenvalue weighted by atomic mass is 33.1. The smallest absolute Gasteiger partial charge is 0.414 e. The Hall–Kier alpha value is -1.71. The van der Waals surface area contributed by atoms with Gasteiger partial charge in [0.05, 0.1) is 5.56 Å². The predicted octanol–water partition coefficient (Wildman–Crippen LogP) is 1.82. The molecular formula is C14H18N2O5S2. The molecule has 0 radical (unpaired) electrons. The molecule has 1 aromatic carbocycles. The van der Waals surface area contributed by atoms with Gasteiger partial charge < -0.3 is 15.2 Å². The highest BCUT2D eigenvalue weighted by Crippen LogP contribution is 2.20. The van der Waals surface area contributed by atoms with Gasteiger partial charge in [-0.15, -0.1) is 0 Å². The molecule has 0 aromatic heterocycles. The van der Waals surface area contributed by atoms with E-state index in [-0.39, 0.29) is 17.9 Å². The van der Waals surface area contributed by atoms with E-state index in [4.69, 9.17) is 15.2 Å². The normalized spacial score (nSPS) is 10.0. The molecule has 0 saturated carbocycles. The number of carbonyl (C=O) groups is 3. The van der Waals surface area contributed by atoms with Crippen molar-refractivity contribution in [3.05, 3.63) is 29.8 Å². The number of ether oxygens (including phenoxy) is 2. The molecule has 0 aliphatic carbocycles. The monoisotopic (exact) mass is 358 g/mol. The topological polar surface area (TPSA) is 108 Å². The van der Waals surface area contributed by atoms with Gasteiger partial charge in [-0.05, 0) is 12.1 Å². The molecule has 0 fully saturated rings. The standard InChI is InChI=1S/C14H18N2O5S2/c1-10(17)21-12-5-3-2-4-11(12)13(18)16-14(19)20-7-9-23-22-8-6-15/h2-5H,6-9,15H2,1H3,(H,16,18,19). The summed E-state index contributed by atoms with van der Waals surface area (Å²) < 4.78 is 9.81. The molecule has 0 bridgehead atoms.